The summed E-state index contributed by atoms with van der Waals surface area (Å²) in [6.45, 7) is 4.73. The highest BCUT2D eigenvalue weighted by Gasteiger charge is 2.22. The fourth-order valence-corrected chi connectivity index (χ4v) is 1.44. The lowest BCUT2D eigenvalue weighted by Crippen LogP contribution is -2.44. The third kappa shape index (κ3) is 2.64. The number of rotatable bonds is 2. The van der Waals surface area contributed by atoms with Crippen molar-refractivity contribution < 1.29 is 4.74 Å². The highest BCUT2D eigenvalue weighted by molar-refractivity contribution is 7.78. The van der Waals surface area contributed by atoms with Gasteiger partial charge in [-0.1, -0.05) is 0 Å². The summed E-state index contributed by atoms with van der Waals surface area (Å²) >= 11 is 4.54. The summed E-state index contributed by atoms with van der Waals surface area (Å²) < 4.78 is 5.54. The monoisotopic (exact) mass is 186 g/mol. The summed E-state index contributed by atoms with van der Waals surface area (Å²) in [6, 6.07) is 0.130. The van der Waals surface area contributed by atoms with Crippen LogP contribution in [0.15, 0.2) is 4.99 Å². The lowest BCUT2D eigenvalue weighted by Gasteiger charge is -2.31. The molecule has 0 unspecified atom stereocenters. The predicted octanol–water partition coefficient (Wildman–Crippen LogP) is 0.808. The van der Waals surface area contributed by atoms with Crippen molar-refractivity contribution in [3.8, 4) is 0 Å². The molecule has 3 nitrogen and oxygen atoms in total. The topological polar surface area (TPSA) is 24.8 Å². The molecule has 0 radical (unpaired) electrons. The number of hydrogen-bond acceptors (Lipinski definition) is 4. The molecule has 2 atom stereocenters. The first kappa shape index (κ1) is 9.81. The van der Waals surface area contributed by atoms with E-state index >= 15 is 0 Å². The average molecular weight is 186 g/mol. The van der Waals surface area contributed by atoms with Crippen LogP contribution in [0.1, 0.15) is 6.92 Å². The highest BCUT2D eigenvalue weighted by atomic mass is 32.1. The molecular weight excluding hydrogens is 172 g/mol. The minimum atomic E-state index is 0.130. The maximum atomic E-state index is 5.54. The zero-order valence-electron chi connectivity index (χ0n) is 7.49. The lowest BCUT2D eigenvalue weighted by atomic mass is 10.1. The van der Waals surface area contributed by atoms with Crippen molar-refractivity contribution in [2.75, 3.05) is 26.7 Å². The second kappa shape index (κ2) is 4.67. The third-order valence-corrected chi connectivity index (χ3v) is 2.20. The molecule has 0 saturated carbocycles. The van der Waals surface area contributed by atoms with E-state index in [1.807, 2.05) is 6.92 Å². The Bertz CT molecular complexity index is 191. The zero-order chi connectivity index (χ0) is 8.97. The van der Waals surface area contributed by atoms with Crippen molar-refractivity contribution in [3.63, 3.8) is 0 Å². The number of likely N-dealkylation sites (N-methyl/N-ethyl adjacent to an activating group) is 1. The van der Waals surface area contributed by atoms with Gasteiger partial charge in [0.15, 0.2) is 0 Å². The quantitative estimate of drug-likeness (QED) is 0.471. The second-order valence-electron chi connectivity index (χ2n) is 3.13. The van der Waals surface area contributed by atoms with Crippen LogP contribution in [-0.4, -0.2) is 49.0 Å². The number of nitrogens with zero attached hydrogens (tertiary/aromatic N) is 2. The molecule has 0 aliphatic carbocycles. The molecule has 68 valence electrons. The summed E-state index contributed by atoms with van der Waals surface area (Å²) in [6.07, 6.45) is 0.180. The van der Waals surface area contributed by atoms with E-state index in [4.69, 9.17) is 4.74 Å². The molecule has 0 amide bonds. The standard InChI is InChI=1S/C8H14N2OS/c1-7(9-6-12)8-5-10(2)3-4-11-8/h7-8H,3-5H2,1-2H3/t7-,8-/m0/s1. The molecule has 0 spiro atoms. The number of morpholine rings is 1. The first-order valence-electron chi connectivity index (χ1n) is 4.11. The number of hydrogen-bond donors (Lipinski definition) is 0. The van der Waals surface area contributed by atoms with Crippen molar-refractivity contribution in [1.29, 1.82) is 0 Å². The van der Waals surface area contributed by atoms with Gasteiger partial charge in [0.05, 0.1) is 23.9 Å². The Morgan fingerprint density at radius 2 is 2.50 bits per heavy atom. The van der Waals surface area contributed by atoms with Crippen LogP contribution >= 0.6 is 12.2 Å². The number of aliphatic imine (C=N–C) groups is 1. The first-order valence-corrected chi connectivity index (χ1v) is 4.52. The van der Waals surface area contributed by atoms with Gasteiger partial charge in [-0.25, -0.2) is 4.99 Å². The van der Waals surface area contributed by atoms with Crippen molar-refractivity contribution in [2.24, 2.45) is 4.99 Å². The van der Waals surface area contributed by atoms with Gasteiger partial charge in [-0.3, -0.25) is 0 Å². The van der Waals surface area contributed by atoms with Gasteiger partial charge in [0.1, 0.15) is 0 Å². The van der Waals surface area contributed by atoms with E-state index in [-0.39, 0.29) is 12.1 Å². The smallest absolute Gasteiger partial charge is 0.0930 e. The second-order valence-corrected chi connectivity index (χ2v) is 3.32. The molecule has 4 heteroatoms. The minimum absolute atomic E-state index is 0.130. The Labute approximate surface area is 78.4 Å². The molecule has 1 rings (SSSR count). The van der Waals surface area contributed by atoms with Crippen LogP contribution in [0.2, 0.25) is 0 Å². The number of ether oxygens (including phenoxy) is 1. The minimum Gasteiger partial charge on any atom is -0.373 e. The number of isothiocyanates is 1. The average Bonchev–Trinajstić information content (AvgIpc) is 2.05. The molecule has 1 aliphatic rings. The van der Waals surface area contributed by atoms with Crippen molar-refractivity contribution in [3.05, 3.63) is 0 Å². The highest BCUT2D eigenvalue weighted by Crippen LogP contribution is 2.09. The number of thiocarbonyl (C=S) groups is 1. The van der Waals surface area contributed by atoms with Crippen LogP contribution in [0.5, 0.6) is 0 Å². The van der Waals surface area contributed by atoms with Crippen molar-refractivity contribution >= 4 is 17.4 Å². The van der Waals surface area contributed by atoms with Gasteiger partial charge in [0, 0.05) is 13.1 Å². The van der Waals surface area contributed by atoms with Gasteiger partial charge < -0.3 is 9.64 Å². The van der Waals surface area contributed by atoms with Crippen LogP contribution in [0, 0.1) is 0 Å². The Balaban J connectivity index is 2.44. The summed E-state index contributed by atoms with van der Waals surface area (Å²) in [7, 11) is 2.09. The zero-order valence-corrected chi connectivity index (χ0v) is 8.30. The maximum Gasteiger partial charge on any atom is 0.0930 e. The first-order chi connectivity index (χ1) is 5.74. The fraction of sp³-hybridized carbons (Fsp3) is 0.875. The predicted molar refractivity (Wildman–Crippen MR) is 51.7 cm³/mol. The van der Waals surface area contributed by atoms with E-state index in [1.54, 1.807) is 0 Å². The van der Waals surface area contributed by atoms with Gasteiger partial charge in [-0.05, 0) is 26.2 Å². The normalized spacial score (nSPS) is 27.7. The molecule has 1 aliphatic heterocycles. The molecule has 0 aromatic heterocycles. The maximum absolute atomic E-state index is 5.54. The summed E-state index contributed by atoms with van der Waals surface area (Å²) in [4.78, 5) is 6.24. The molecule has 1 saturated heterocycles. The molecule has 1 heterocycles. The van der Waals surface area contributed by atoms with Crippen LogP contribution in [-0.2, 0) is 4.74 Å². The SMILES string of the molecule is C[C@H](N=C=S)[C@@H]1CN(C)CCO1. The molecular formula is C8H14N2OS. The Kier molecular flexibility index (Phi) is 3.82. The largest absolute Gasteiger partial charge is 0.373 e. The van der Waals surface area contributed by atoms with Gasteiger partial charge in [-0.15, -0.1) is 0 Å². The van der Waals surface area contributed by atoms with Gasteiger partial charge in [0.2, 0.25) is 0 Å². The van der Waals surface area contributed by atoms with E-state index in [0.717, 1.165) is 19.7 Å². The summed E-state index contributed by atoms with van der Waals surface area (Å²) in [5, 5.41) is 2.39. The Morgan fingerprint density at radius 3 is 3.08 bits per heavy atom. The van der Waals surface area contributed by atoms with Crippen LogP contribution in [0.4, 0.5) is 0 Å². The lowest BCUT2D eigenvalue weighted by molar-refractivity contribution is -0.0285. The molecule has 1 fully saturated rings. The van der Waals surface area contributed by atoms with E-state index < -0.39 is 0 Å². The molecule has 0 aromatic carbocycles. The van der Waals surface area contributed by atoms with Crippen LogP contribution in [0.3, 0.4) is 0 Å². The van der Waals surface area contributed by atoms with Gasteiger partial charge in [-0.2, -0.15) is 0 Å². The fourth-order valence-electron chi connectivity index (χ4n) is 1.27. The van der Waals surface area contributed by atoms with Gasteiger partial charge >= 0.3 is 0 Å². The summed E-state index contributed by atoms with van der Waals surface area (Å²) in [5.74, 6) is 0. The van der Waals surface area contributed by atoms with E-state index in [2.05, 4.69) is 34.3 Å². The van der Waals surface area contributed by atoms with E-state index in [0.29, 0.717) is 0 Å². The Morgan fingerprint density at radius 1 is 1.75 bits per heavy atom. The molecule has 0 aromatic rings. The molecule has 12 heavy (non-hydrogen) atoms. The summed E-state index contributed by atoms with van der Waals surface area (Å²) in [5.41, 5.74) is 0. The van der Waals surface area contributed by atoms with Crippen molar-refractivity contribution in [2.45, 2.75) is 19.1 Å². The van der Waals surface area contributed by atoms with E-state index in [9.17, 15) is 0 Å². The van der Waals surface area contributed by atoms with Crippen LogP contribution in [0.25, 0.3) is 0 Å². The van der Waals surface area contributed by atoms with E-state index in [1.165, 1.54) is 0 Å². The van der Waals surface area contributed by atoms with Gasteiger partial charge in [0.25, 0.3) is 0 Å². The third-order valence-electron chi connectivity index (χ3n) is 2.09. The van der Waals surface area contributed by atoms with Crippen LogP contribution < -0.4 is 0 Å². The molecule has 0 bridgehead atoms. The van der Waals surface area contributed by atoms with Crippen molar-refractivity contribution in [1.82, 2.24) is 4.90 Å². The molecule has 0 N–H and O–H groups in total. The Hall–Kier alpha value is -0.280.